The first kappa shape index (κ1) is 15.5. The van der Waals surface area contributed by atoms with Gasteiger partial charge < -0.3 is 15.3 Å². The van der Waals surface area contributed by atoms with E-state index in [1.54, 1.807) is 25.2 Å². The van der Waals surface area contributed by atoms with E-state index in [9.17, 15) is 9.59 Å². The smallest absolute Gasteiger partial charge is 0.323 e. The van der Waals surface area contributed by atoms with Gasteiger partial charge in [-0.25, -0.2) is 4.79 Å². The van der Waals surface area contributed by atoms with Gasteiger partial charge in [0.25, 0.3) is 0 Å². The highest BCUT2D eigenvalue weighted by Gasteiger charge is 2.21. The van der Waals surface area contributed by atoms with E-state index in [-0.39, 0.29) is 24.7 Å². The molecule has 2 N–H and O–H groups in total. The molecule has 0 fully saturated rings. The third-order valence-electron chi connectivity index (χ3n) is 2.68. The predicted octanol–water partition coefficient (Wildman–Crippen LogP) is 2.18. The number of thiophene rings is 1. The van der Waals surface area contributed by atoms with Crippen molar-refractivity contribution < 1.29 is 14.7 Å². The van der Waals surface area contributed by atoms with E-state index in [2.05, 4.69) is 5.32 Å². The van der Waals surface area contributed by atoms with Gasteiger partial charge in [0.15, 0.2) is 0 Å². The second kappa shape index (κ2) is 7.13. The Morgan fingerprint density at radius 2 is 2.11 bits per heavy atom. The largest absolute Gasteiger partial charge is 0.480 e. The molecule has 19 heavy (non-hydrogen) atoms. The van der Waals surface area contributed by atoms with Crippen molar-refractivity contribution in [2.45, 2.75) is 39.3 Å². The number of carboxylic acid groups (broad SMARTS) is 1. The van der Waals surface area contributed by atoms with Gasteiger partial charge in [-0.2, -0.15) is 11.3 Å². The highest BCUT2D eigenvalue weighted by atomic mass is 32.1. The Labute approximate surface area is 117 Å². The molecule has 1 rings (SSSR count). The standard InChI is InChI=1S/C13H20N2O3S/c1-9(2)15(7-12(16)17)13(18)14-10(3)6-11-4-5-19-8-11/h4-5,8-10H,6-7H2,1-3H3,(H,14,18)(H,16,17). The maximum atomic E-state index is 12.0. The lowest BCUT2D eigenvalue weighted by atomic mass is 10.1. The molecule has 1 aromatic heterocycles. The molecule has 5 nitrogen and oxygen atoms in total. The first-order chi connectivity index (χ1) is 8.90. The summed E-state index contributed by atoms with van der Waals surface area (Å²) < 4.78 is 0. The van der Waals surface area contributed by atoms with Crippen molar-refractivity contribution in [3.63, 3.8) is 0 Å². The van der Waals surface area contributed by atoms with E-state index in [1.807, 2.05) is 23.8 Å². The average Bonchev–Trinajstić information content (AvgIpc) is 2.77. The first-order valence-electron chi connectivity index (χ1n) is 6.20. The molecule has 0 aliphatic heterocycles. The second-order valence-electron chi connectivity index (χ2n) is 4.80. The van der Waals surface area contributed by atoms with E-state index < -0.39 is 5.97 Å². The van der Waals surface area contributed by atoms with Gasteiger partial charge in [-0.05, 0) is 49.6 Å². The number of aliphatic carboxylic acids is 1. The summed E-state index contributed by atoms with van der Waals surface area (Å²) in [6.07, 6.45) is 0.744. The minimum absolute atomic E-state index is 0.0304. The van der Waals surface area contributed by atoms with Crippen LogP contribution >= 0.6 is 11.3 Å². The molecule has 1 aromatic rings. The average molecular weight is 284 g/mol. The van der Waals surface area contributed by atoms with E-state index in [4.69, 9.17) is 5.11 Å². The molecule has 106 valence electrons. The molecule has 0 aliphatic carbocycles. The molecule has 0 saturated carbocycles. The maximum Gasteiger partial charge on any atom is 0.323 e. The second-order valence-corrected chi connectivity index (χ2v) is 5.58. The van der Waals surface area contributed by atoms with Gasteiger partial charge in [0.2, 0.25) is 0 Å². The quantitative estimate of drug-likeness (QED) is 0.841. The fourth-order valence-electron chi connectivity index (χ4n) is 1.74. The van der Waals surface area contributed by atoms with Crippen LogP contribution in [0.4, 0.5) is 4.79 Å². The van der Waals surface area contributed by atoms with Crippen LogP contribution in [0.15, 0.2) is 16.8 Å². The molecule has 0 bridgehead atoms. The Morgan fingerprint density at radius 3 is 2.58 bits per heavy atom. The number of nitrogens with zero attached hydrogens (tertiary/aromatic N) is 1. The van der Waals surface area contributed by atoms with Crippen molar-refractivity contribution in [1.82, 2.24) is 10.2 Å². The van der Waals surface area contributed by atoms with Crippen LogP contribution in [-0.4, -0.2) is 40.6 Å². The fraction of sp³-hybridized carbons (Fsp3) is 0.538. The topological polar surface area (TPSA) is 69.6 Å². The Bertz CT molecular complexity index is 418. The van der Waals surface area contributed by atoms with Crippen LogP contribution in [0, 0.1) is 0 Å². The highest BCUT2D eigenvalue weighted by molar-refractivity contribution is 7.07. The van der Waals surface area contributed by atoms with Crippen LogP contribution in [0.25, 0.3) is 0 Å². The molecule has 0 aromatic carbocycles. The Kier molecular flexibility index (Phi) is 5.82. The van der Waals surface area contributed by atoms with E-state index >= 15 is 0 Å². The van der Waals surface area contributed by atoms with Crippen LogP contribution in [0.1, 0.15) is 26.3 Å². The molecule has 2 amide bonds. The van der Waals surface area contributed by atoms with E-state index in [0.29, 0.717) is 0 Å². The lowest BCUT2D eigenvalue weighted by molar-refractivity contribution is -0.138. The third-order valence-corrected chi connectivity index (χ3v) is 3.41. The van der Waals surface area contributed by atoms with Gasteiger partial charge in [-0.1, -0.05) is 0 Å². The number of urea groups is 1. The summed E-state index contributed by atoms with van der Waals surface area (Å²) in [6, 6.07) is 1.51. The summed E-state index contributed by atoms with van der Waals surface area (Å²) in [7, 11) is 0. The normalized spacial score (nSPS) is 12.2. The van der Waals surface area contributed by atoms with Gasteiger partial charge >= 0.3 is 12.0 Å². The molecule has 0 spiro atoms. The highest BCUT2D eigenvalue weighted by Crippen LogP contribution is 2.09. The number of carbonyl (C=O) groups excluding carboxylic acids is 1. The van der Waals surface area contributed by atoms with Crippen molar-refractivity contribution in [2.75, 3.05) is 6.54 Å². The number of hydrogen-bond donors (Lipinski definition) is 2. The van der Waals surface area contributed by atoms with Crippen LogP contribution in [0.2, 0.25) is 0 Å². The molecule has 6 heteroatoms. The van der Waals surface area contributed by atoms with Crippen molar-refractivity contribution in [2.24, 2.45) is 0 Å². The van der Waals surface area contributed by atoms with Crippen LogP contribution in [0.5, 0.6) is 0 Å². The van der Waals surface area contributed by atoms with Crippen molar-refractivity contribution in [3.05, 3.63) is 22.4 Å². The molecular weight excluding hydrogens is 264 g/mol. The minimum Gasteiger partial charge on any atom is -0.480 e. The number of amides is 2. The molecule has 1 atom stereocenters. The lowest BCUT2D eigenvalue weighted by Crippen LogP contribution is -2.49. The summed E-state index contributed by atoms with van der Waals surface area (Å²) in [5.74, 6) is -1.01. The summed E-state index contributed by atoms with van der Waals surface area (Å²) in [5, 5.41) is 15.7. The van der Waals surface area contributed by atoms with E-state index in [0.717, 1.165) is 6.42 Å². The van der Waals surface area contributed by atoms with Crippen molar-refractivity contribution >= 4 is 23.3 Å². The first-order valence-corrected chi connectivity index (χ1v) is 7.14. The molecule has 1 unspecified atom stereocenters. The number of carbonyl (C=O) groups is 2. The molecule has 0 saturated heterocycles. The minimum atomic E-state index is -1.01. The lowest BCUT2D eigenvalue weighted by Gasteiger charge is -2.27. The predicted molar refractivity (Wildman–Crippen MR) is 75.5 cm³/mol. The molecule has 1 heterocycles. The monoisotopic (exact) mass is 284 g/mol. The number of hydrogen-bond acceptors (Lipinski definition) is 3. The maximum absolute atomic E-state index is 12.0. The number of rotatable bonds is 6. The van der Waals surface area contributed by atoms with Crippen LogP contribution < -0.4 is 5.32 Å². The van der Waals surface area contributed by atoms with Crippen LogP contribution in [0.3, 0.4) is 0 Å². The van der Waals surface area contributed by atoms with Gasteiger partial charge in [0, 0.05) is 12.1 Å². The zero-order valence-corrected chi connectivity index (χ0v) is 12.2. The molecular formula is C13H20N2O3S. The van der Waals surface area contributed by atoms with Crippen molar-refractivity contribution in [1.29, 1.82) is 0 Å². The van der Waals surface area contributed by atoms with Gasteiger partial charge in [0.05, 0.1) is 0 Å². The Hall–Kier alpha value is -1.56. The van der Waals surface area contributed by atoms with Gasteiger partial charge in [-0.15, -0.1) is 0 Å². The summed E-state index contributed by atoms with van der Waals surface area (Å²) in [5.41, 5.74) is 1.17. The third kappa shape index (κ3) is 5.30. The summed E-state index contributed by atoms with van der Waals surface area (Å²) >= 11 is 1.62. The summed E-state index contributed by atoms with van der Waals surface area (Å²) in [6.45, 7) is 5.22. The molecule has 0 aliphatic rings. The fourth-order valence-corrected chi connectivity index (χ4v) is 2.42. The zero-order valence-electron chi connectivity index (χ0n) is 11.4. The van der Waals surface area contributed by atoms with Gasteiger partial charge in [-0.3, -0.25) is 4.79 Å². The zero-order chi connectivity index (χ0) is 14.4. The number of nitrogens with one attached hydrogen (secondary N) is 1. The number of carboxylic acids is 1. The SMILES string of the molecule is CC(Cc1ccsc1)NC(=O)N(CC(=O)O)C(C)C. The van der Waals surface area contributed by atoms with Gasteiger partial charge in [0.1, 0.15) is 6.54 Å². The Morgan fingerprint density at radius 1 is 1.42 bits per heavy atom. The van der Waals surface area contributed by atoms with Crippen molar-refractivity contribution in [3.8, 4) is 0 Å². The summed E-state index contributed by atoms with van der Waals surface area (Å²) in [4.78, 5) is 24.1. The van der Waals surface area contributed by atoms with Crippen LogP contribution in [-0.2, 0) is 11.2 Å². The molecule has 0 radical (unpaired) electrons. The Balaban J connectivity index is 2.53. The van der Waals surface area contributed by atoms with E-state index in [1.165, 1.54) is 10.5 Å².